The number of benzene rings is 1. The monoisotopic (exact) mass is 329 g/mol. The van der Waals surface area contributed by atoms with E-state index in [2.05, 4.69) is 15.0 Å². The topological polar surface area (TPSA) is 57.1 Å². The van der Waals surface area contributed by atoms with Crippen molar-refractivity contribution in [3.8, 4) is 28.6 Å². The van der Waals surface area contributed by atoms with E-state index in [1.807, 2.05) is 0 Å². The van der Waals surface area contributed by atoms with Gasteiger partial charge in [-0.2, -0.15) is 0 Å². The van der Waals surface area contributed by atoms with Gasteiger partial charge in [-0.15, -0.1) is 0 Å². The Kier molecular flexibility index (Phi) is 4.60. The summed E-state index contributed by atoms with van der Waals surface area (Å²) in [5, 5.41) is 0. The van der Waals surface area contributed by atoms with Crippen molar-refractivity contribution in [3.05, 3.63) is 60.7 Å². The number of methoxy groups -OCH3 is 1. The molecule has 0 N–H and O–H groups in total. The Balaban J connectivity index is 1.95. The number of alkyl halides is 2. The molecule has 0 radical (unpaired) electrons. The van der Waals surface area contributed by atoms with E-state index in [1.165, 1.54) is 37.7 Å². The minimum Gasteiger partial charge on any atom is -0.481 e. The average Bonchev–Trinajstić information content (AvgIpc) is 2.62. The third kappa shape index (κ3) is 3.29. The Hall–Kier alpha value is -3.09. The standard InChI is InChI=1S/C17H13F2N3O2/c1-23-16-13(3-2-8-21-16)14-9-20-10-22-17(14)24-12-6-4-11(5-7-12)15(18)19/h2-10,15H,1H3. The Morgan fingerprint density at radius 2 is 1.75 bits per heavy atom. The van der Waals surface area contributed by atoms with Crippen molar-refractivity contribution in [2.24, 2.45) is 0 Å². The first-order valence-electron chi connectivity index (χ1n) is 7.04. The molecule has 1 aromatic carbocycles. The lowest BCUT2D eigenvalue weighted by Gasteiger charge is -2.11. The van der Waals surface area contributed by atoms with Crippen LogP contribution in [0.5, 0.6) is 17.5 Å². The summed E-state index contributed by atoms with van der Waals surface area (Å²) in [4.78, 5) is 12.3. The second kappa shape index (κ2) is 6.99. The van der Waals surface area contributed by atoms with E-state index >= 15 is 0 Å². The van der Waals surface area contributed by atoms with Crippen molar-refractivity contribution in [2.45, 2.75) is 6.43 Å². The Bertz CT molecular complexity index is 826. The molecule has 0 saturated carbocycles. The van der Waals surface area contributed by atoms with E-state index in [1.54, 1.807) is 24.5 Å². The van der Waals surface area contributed by atoms with Crippen molar-refractivity contribution >= 4 is 0 Å². The predicted molar refractivity (Wildman–Crippen MR) is 83.3 cm³/mol. The van der Waals surface area contributed by atoms with Gasteiger partial charge in [0, 0.05) is 18.0 Å². The van der Waals surface area contributed by atoms with Gasteiger partial charge in [0.25, 0.3) is 6.43 Å². The SMILES string of the molecule is COc1ncccc1-c1cncnc1Oc1ccc(C(F)F)cc1. The molecule has 3 aromatic rings. The molecule has 24 heavy (non-hydrogen) atoms. The van der Waals surface area contributed by atoms with Crippen molar-refractivity contribution in [3.63, 3.8) is 0 Å². The van der Waals surface area contributed by atoms with Crippen LogP contribution in [0.2, 0.25) is 0 Å². The highest BCUT2D eigenvalue weighted by atomic mass is 19.3. The molecule has 0 spiro atoms. The van der Waals surface area contributed by atoms with Gasteiger partial charge in [0.1, 0.15) is 12.1 Å². The van der Waals surface area contributed by atoms with Gasteiger partial charge in [0.2, 0.25) is 11.8 Å². The quantitative estimate of drug-likeness (QED) is 0.699. The number of ether oxygens (including phenoxy) is 2. The Morgan fingerprint density at radius 1 is 0.958 bits per heavy atom. The van der Waals surface area contributed by atoms with Crippen LogP contribution in [0.25, 0.3) is 11.1 Å². The molecule has 2 heterocycles. The third-order valence-corrected chi connectivity index (χ3v) is 3.28. The van der Waals surface area contributed by atoms with Crippen LogP contribution >= 0.6 is 0 Å². The van der Waals surface area contributed by atoms with Crippen LogP contribution in [0.4, 0.5) is 8.78 Å². The highest BCUT2D eigenvalue weighted by molar-refractivity contribution is 5.72. The fraction of sp³-hybridized carbons (Fsp3) is 0.118. The van der Waals surface area contributed by atoms with Crippen LogP contribution in [0.1, 0.15) is 12.0 Å². The largest absolute Gasteiger partial charge is 0.481 e. The lowest BCUT2D eigenvalue weighted by molar-refractivity contribution is 0.151. The zero-order chi connectivity index (χ0) is 16.9. The van der Waals surface area contributed by atoms with Gasteiger partial charge in [-0.05, 0) is 36.4 Å². The van der Waals surface area contributed by atoms with E-state index < -0.39 is 6.43 Å². The van der Waals surface area contributed by atoms with Crippen molar-refractivity contribution in [2.75, 3.05) is 7.11 Å². The van der Waals surface area contributed by atoms with E-state index in [0.717, 1.165) is 0 Å². The minimum atomic E-state index is -2.52. The molecule has 3 rings (SSSR count). The molecule has 2 aromatic heterocycles. The van der Waals surface area contributed by atoms with Crippen LogP contribution in [-0.4, -0.2) is 22.1 Å². The lowest BCUT2D eigenvalue weighted by atomic mass is 10.1. The molecule has 0 aliphatic heterocycles. The zero-order valence-electron chi connectivity index (χ0n) is 12.7. The molecule has 0 atom stereocenters. The smallest absolute Gasteiger partial charge is 0.263 e. The first-order valence-corrected chi connectivity index (χ1v) is 7.04. The van der Waals surface area contributed by atoms with Crippen LogP contribution < -0.4 is 9.47 Å². The predicted octanol–water partition coefficient (Wildman–Crippen LogP) is 4.28. The van der Waals surface area contributed by atoms with Crippen LogP contribution in [0, 0.1) is 0 Å². The maximum Gasteiger partial charge on any atom is 0.263 e. The molecule has 0 aliphatic carbocycles. The lowest BCUT2D eigenvalue weighted by Crippen LogP contribution is -1.96. The molecule has 122 valence electrons. The molecule has 0 aliphatic rings. The summed E-state index contributed by atoms with van der Waals surface area (Å²) in [5.74, 6) is 1.08. The fourth-order valence-electron chi connectivity index (χ4n) is 2.14. The van der Waals surface area contributed by atoms with E-state index in [-0.39, 0.29) is 11.4 Å². The van der Waals surface area contributed by atoms with Gasteiger partial charge >= 0.3 is 0 Å². The second-order valence-electron chi connectivity index (χ2n) is 4.77. The average molecular weight is 329 g/mol. The van der Waals surface area contributed by atoms with Gasteiger partial charge in [-0.25, -0.2) is 23.7 Å². The summed E-state index contributed by atoms with van der Waals surface area (Å²) in [6.45, 7) is 0. The normalized spacial score (nSPS) is 10.7. The van der Waals surface area contributed by atoms with Crippen molar-refractivity contribution in [1.29, 1.82) is 0 Å². The maximum absolute atomic E-state index is 12.6. The number of pyridine rings is 1. The molecule has 0 amide bonds. The summed E-state index contributed by atoms with van der Waals surface area (Å²) in [7, 11) is 1.51. The van der Waals surface area contributed by atoms with E-state index in [9.17, 15) is 8.78 Å². The summed E-state index contributed by atoms with van der Waals surface area (Å²) in [6.07, 6.45) is 2.01. The summed E-state index contributed by atoms with van der Waals surface area (Å²) < 4.78 is 36.2. The number of nitrogens with zero attached hydrogens (tertiary/aromatic N) is 3. The van der Waals surface area contributed by atoms with Crippen LogP contribution in [0.15, 0.2) is 55.1 Å². The Labute approximate surface area is 136 Å². The van der Waals surface area contributed by atoms with Crippen LogP contribution in [0.3, 0.4) is 0 Å². The zero-order valence-corrected chi connectivity index (χ0v) is 12.7. The summed E-state index contributed by atoms with van der Waals surface area (Å²) in [5.41, 5.74) is 1.18. The molecule has 0 saturated heterocycles. The van der Waals surface area contributed by atoms with Gasteiger partial charge in [-0.3, -0.25) is 0 Å². The number of hydrogen-bond acceptors (Lipinski definition) is 5. The van der Waals surface area contributed by atoms with E-state index in [0.29, 0.717) is 22.8 Å². The van der Waals surface area contributed by atoms with Crippen molar-refractivity contribution in [1.82, 2.24) is 15.0 Å². The van der Waals surface area contributed by atoms with Gasteiger partial charge in [-0.1, -0.05) is 0 Å². The molecule has 7 heteroatoms. The number of aromatic nitrogens is 3. The Morgan fingerprint density at radius 3 is 2.46 bits per heavy atom. The fourth-order valence-corrected chi connectivity index (χ4v) is 2.14. The highest BCUT2D eigenvalue weighted by Gasteiger charge is 2.15. The second-order valence-corrected chi connectivity index (χ2v) is 4.77. The summed E-state index contributed by atoms with van der Waals surface area (Å²) in [6, 6.07) is 9.11. The molecular formula is C17H13F2N3O2. The first kappa shape index (κ1) is 15.8. The molecule has 0 fully saturated rings. The summed E-state index contributed by atoms with van der Waals surface area (Å²) >= 11 is 0. The number of halogens is 2. The van der Waals surface area contributed by atoms with E-state index in [4.69, 9.17) is 9.47 Å². The van der Waals surface area contributed by atoms with Gasteiger partial charge in [0.15, 0.2) is 0 Å². The third-order valence-electron chi connectivity index (χ3n) is 3.28. The minimum absolute atomic E-state index is 0.0702. The first-order chi connectivity index (χ1) is 11.7. The van der Waals surface area contributed by atoms with Crippen LogP contribution in [-0.2, 0) is 0 Å². The maximum atomic E-state index is 12.6. The molecule has 5 nitrogen and oxygen atoms in total. The van der Waals surface area contributed by atoms with Gasteiger partial charge < -0.3 is 9.47 Å². The van der Waals surface area contributed by atoms with Gasteiger partial charge in [0.05, 0.1) is 18.2 Å². The van der Waals surface area contributed by atoms with Crippen molar-refractivity contribution < 1.29 is 18.3 Å². The number of hydrogen-bond donors (Lipinski definition) is 0. The molecular weight excluding hydrogens is 316 g/mol. The highest BCUT2D eigenvalue weighted by Crippen LogP contribution is 2.35. The molecule has 0 unspecified atom stereocenters. The number of rotatable bonds is 5. The molecule has 0 bridgehead atoms.